The molecule has 5 nitrogen and oxygen atoms in total. The smallest absolute Gasteiger partial charge is 0.228 e. The first-order valence-corrected chi connectivity index (χ1v) is 11.5. The Morgan fingerprint density at radius 3 is 2.61 bits per heavy atom. The van der Waals surface area contributed by atoms with Crippen molar-refractivity contribution in [2.45, 2.75) is 51.0 Å². The van der Waals surface area contributed by atoms with E-state index in [9.17, 15) is 9.59 Å². The lowest BCUT2D eigenvalue weighted by Crippen LogP contribution is -2.49. The van der Waals surface area contributed by atoms with Crippen LogP contribution in [0.2, 0.25) is 0 Å². The van der Waals surface area contributed by atoms with Crippen LogP contribution in [-0.2, 0) is 9.59 Å². The monoisotopic (exact) mass is 397 g/mol. The Morgan fingerprint density at radius 1 is 0.929 bits per heavy atom. The summed E-state index contributed by atoms with van der Waals surface area (Å²) in [7, 11) is 0. The van der Waals surface area contributed by atoms with Crippen LogP contribution >= 0.6 is 11.3 Å². The van der Waals surface area contributed by atoms with Crippen LogP contribution in [0.25, 0.3) is 10.2 Å². The third kappa shape index (κ3) is 3.43. The zero-order valence-corrected chi connectivity index (χ0v) is 17.0. The van der Waals surface area contributed by atoms with Crippen molar-refractivity contribution in [3.63, 3.8) is 0 Å². The fourth-order valence-electron chi connectivity index (χ4n) is 4.69. The molecule has 2 amide bonds. The molecule has 0 bridgehead atoms. The number of nitrogens with zero attached hydrogens (tertiary/aromatic N) is 3. The van der Waals surface area contributed by atoms with E-state index in [4.69, 9.17) is 4.98 Å². The van der Waals surface area contributed by atoms with Crippen LogP contribution in [0.15, 0.2) is 24.3 Å². The van der Waals surface area contributed by atoms with E-state index in [0.29, 0.717) is 6.54 Å². The Bertz CT molecular complexity index is 858. The summed E-state index contributed by atoms with van der Waals surface area (Å²) < 4.78 is 1.19. The van der Waals surface area contributed by atoms with Crippen LogP contribution in [0.3, 0.4) is 0 Å². The molecule has 3 fully saturated rings. The van der Waals surface area contributed by atoms with E-state index in [1.807, 2.05) is 23.1 Å². The van der Waals surface area contributed by atoms with Crippen molar-refractivity contribution in [3.8, 4) is 0 Å². The van der Waals surface area contributed by atoms with Gasteiger partial charge in [0.15, 0.2) is 0 Å². The third-order valence-electron chi connectivity index (χ3n) is 6.39. The number of aromatic nitrogens is 1. The molecule has 1 saturated carbocycles. The Hall–Kier alpha value is -1.95. The van der Waals surface area contributed by atoms with Crippen molar-refractivity contribution < 1.29 is 9.59 Å². The van der Waals surface area contributed by atoms with Gasteiger partial charge in [-0.25, -0.2) is 4.98 Å². The average Bonchev–Trinajstić information content (AvgIpc) is 3.51. The maximum atomic E-state index is 13.5. The number of amides is 2. The van der Waals surface area contributed by atoms with Gasteiger partial charge in [0.25, 0.3) is 0 Å². The Morgan fingerprint density at radius 2 is 1.79 bits per heavy atom. The van der Waals surface area contributed by atoms with Crippen LogP contribution in [0, 0.1) is 11.8 Å². The van der Waals surface area contributed by atoms with Crippen LogP contribution in [0.1, 0.15) is 56.0 Å². The molecular weight excluding hydrogens is 370 g/mol. The van der Waals surface area contributed by atoms with Gasteiger partial charge in [-0.1, -0.05) is 12.1 Å². The number of hydrogen-bond donors (Lipinski definition) is 0. The highest BCUT2D eigenvalue weighted by Gasteiger charge is 2.39. The van der Waals surface area contributed by atoms with Gasteiger partial charge in [0.05, 0.1) is 22.2 Å². The average molecular weight is 398 g/mol. The lowest BCUT2D eigenvalue weighted by atomic mass is 9.93. The predicted molar refractivity (Wildman–Crippen MR) is 110 cm³/mol. The minimum absolute atomic E-state index is 0.0496. The predicted octanol–water partition coefficient (Wildman–Crippen LogP) is 4.00. The van der Waals surface area contributed by atoms with Gasteiger partial charge in [0.2, 0.25) is 11.8 Å². The minimum Gasteiger partial charge on any atom is -0.342 e. The number of thiazole rings is 1. The summed E-state index contributed by atoms with van der Waals surface area (Å²) in [6, 6.07) is 8.30. The Kier molecular flexibility index (Phi) is 4.83. The van der Waals surface area contributed by atoms with Crippen LogP contribution in [-0.4, -0.2) is 46.2 Å². The highest BCUT2D eigenvalue weighted by molar-refractivity contribution is 7.18. The molecule has 2 atom stereocenters. The minimum atomic E-state index is -0.0496. The fraction of sp³-hybridized carbons (Fsp3) is 0.591. The molecule has 0 radical (unpaired) electrons. The van der Waals surface area contributed by atoms with Gasteiger partial charge in [-0.15, -0.1) is 11.3 Å². The molecule has 0 N–H and O–H groups in total. The number of rotatable bonds is 3. The maximum absolute atomic E-state index is 13.5. The molecule has 2 unspecified atom stereocenters. The Balaban J connectivity index is 1.35. The summed E-state index contributed by atoms with van der Waals surface area (Å²) in [5.74, 6) is 0.696. The standard InChI is InChI=1S/C22H27N3O2S/c26-21(15-10-11-15)24-12-5-6-16(14-24)22(27)25-13-4-3-8-18(25)20-23-17-7-1-2-9-19(17)28-20/h1-2,7,9,15-16,18H,3-6,8,10-14H2. The van der Waals surface area contributed by atoms with Gasteiger partial charge in [-0.2, -0.15) is 0 Å². The number of carbonyl (C=O) groups excluding carboxylic acids is 2. The quantitative estimate of drug-likeness (QED) is 0.787. The normalized spacial score (nSPS) is 25.9. The molecule has 28 heavy (non-hydrogen) atoms. The van der Waals surface area contributed by atoms with Gasteiger partial charge >= 0.3 is 0 Å². The fourth-order valence-corrected chi connectivity index (χ4v) is 5.80. The van der Waals surface area contributed by atoms with Gasteiger partial charge in [0.1, 0.15) is 5.01 Å². The van der Waals surface area contributed by atoms with E-state index in [1.54, 1.807) is 11.3 Å². The SMILES string of the molecule is O=C(C1CC1)N1CCCC(C(=O)N2CCCCC2c2nc3ccccc3s2)C1. The molecular formula is C22H27N3O2S. The van der Waals surface area contributed by atoms with Crippen molar-refractivity contribution in [1.82, 2.24) is 14.8 Å². The molecule has 1 aromatic carbocycles. The number of likely N-dealkylation sites (tertiary alicyclic amines) is 2. The molecule has 2 aromatic rings. The second kappa shape index (κ2) is 7.47. The molecule has 148 valence electrons. The molecule has 1 aromatic heterocycles. The number of carbonyl (C=O) groups is 2. The highest BCUT2D eigenvalue weighted by Crippen LogP contribution is 2.38. The molecule has 2 aliphatic heterocycles. The summed E-state index contributed by atoms with van der Waals surface area (Å²) in [5, 5.41) is 1.07. The highest BCUT2D eigenvalue weighted by atomic mass is 32.1. The largest absolute Gasteiger partial charge is 0.342 e. The summed E-state index contributed by atoms with van der Waals surface area (Å²) in [6.45, 7) is 2.24. The van der Waals surface area contributed by atoms with E-state index in [0.717, 1.165) is 68.6 Å². The summed E-state index contributed by atoms with van der Waals surface area (Å²) in [6.07, 6.45) is 7.08. The van der Waals surface area contributed by atoms with Crippen molar-refractivity contribution in [2.75, 3.05) is 19.6 Å². The Labute approximate surface area is 169 Å². The summed E-state index contributed by atoms with van der Waals surface area (Å²) in [5.41, 5.74) is 1.03. The topological polar surface area (TPSA) is 53.5 Å². The number of piperidine rings is 2. The third-order valence-corrected chi connectivity index (χ3v) is 7.53. The molecule has 2 saturated heterocycles. The molecule has 5 rings (SSSR count). The van der Waals surface area contributed by atoms with Gasteiger partial charge < -0.3 is 9.80 Å². The first-order chi connectivity index (χ1) is 13.7. The number of benzene rings is 1. The van der Waals surface area contributed by atoms with E-state index >= 15 is 0 Å². The first kappa shape index (κ1) is 18.1. The number of para-hydroxylation sites is 1. The number of fused-ring (bicyclic) bond motifs is 1. The molecule has 3 heterocycles. The maximum Gasteiger partial charge on any atom is 0.228 e. The van der Waals surface area contributed by atoms with Crippen molar-refractivity contribution in [2.24, 2.45) is 11.8 Å². The van der Waals surface area contributed by atoms with Crippen molar-refractivity contribution >= 4 is 33.4 Å². The zero-order chi connectivity index (χ0) is 19.1. The lowest BCUT2D eigenvalue weighted by molar-refractivity contribution is -0.144. The molecule has 1 aliphatic carbocycles. The van der Waals surface area contributed by atoms with Crippen molar-refractivity contribution in [1.29, 1.82) is 0 Å². The van der Waals surface area contributed by atoms with Crippen LogP contribution in [0.5, 0.6) is 0 Å². The van der Waals surface area contributed by atoms with E-state index in [-0.39, 0.29) is 29.7 Å². The molecule has 6 heteroatoms. The first-order valence-electron chi connectivity index (χ1n) is 10.7. The summed E-state index contributed by atoms with van der Waals surface area (Å²) in [4.78, 5) is 34.8. The van der Waals surface area contributed by atoms with Crippen LogP contribution < -0.4 is 0 Å². The van der Waals surface area contributed by atoms with Gasteiger partial charge in [0, 0.05) is 25.6 Å². The van der Waals surface area contributed by atoms with Crippen LogP contribution in [0.4, 0.5) is 0 Å². The van der Waals surface area contributed by atoms with Gasteiger partial charge in [-0.05, 0) is 57.1 Å². The van der Waals surface area contributed by atoms with Crippen molar-refractivity contribution in [3.05, 3.63) is 29.3 Å². The van der Waals surface area contributed by atoms with E-state index in [2.05, 4.69) is 11.0 Å². The summed E-state index contributed by atoms with van der Waals surface area (Å²) >= 11 is 1.72. The number of hydrogen-bond acceptors (Lipinski definition) is 4. The second-order valence-corrected chi connectivity index (χ2v) is 9.52. The second-order valence-electron chi connectivity index (χ2n) is 8.46. The lowest BCUT2D eigenvalue weighted by Gasteiger charge is -2.39. The molecule has 3 aliphatic rings. The van der Waals surface area contributed by atoms with E-state index < -0.39 is 0 Å². The zero-order valence-electron chi connectivity index (χ0n) is 16.2. The van der Waals surface area contributed by atoms with E-state index in [1.165, 1.54) is 4.70 Å². The van der Waals surface area contributed by atoms with Gasteiger partial charge in [-0.3, -0.25) is 9.59 Å². The molecule has 0 spiro atoms.